The first kappa shape index (κ1) is 63.8. The number of aromatic amines is 2. The van der Waals surface area contributed by atoms with Crippen LogP contribution >= 0.6 is 20.7 Å². The highest BCUT2D eigenvalue weighted by Crippen LogP contribution is 2.42. The molecule has 0 amide bonds. The van der Waals surface area contributed by atoms with Crippen molar-refractivity contribution in [3.05, 3.63) is 109 Å². The number of rotatable bonds is 18. The van der Waals surface area contributed by atoms with Crippen molar-refractivity contribution in [2.75, 3.05) is 72.1 Å². The predicted octanol–water partition coefficient (Wildman–Crippen LogP) is 0.128. The Morgan fingerprint density at radius 1 is 0.693 bits per heavy atom. The normalized spacial score (nSPS) is 26.8. The van der Waals surface area contributed by atoms with E-state index in [1.165, 1.54) is 59.1 Å². The predicted molar refractivity (Wildman–Crippen MR) is 302 cm³/mol. The van der Waals surface area contributed by atoms with Crippen LogP contribution in [0.15, 0.2) is 59.0 Å². The van der Waals surface area contributed by atoms with Gasteiger partial charge < -0.3 is 58.9 Å². The van der Waals surface area contributed by atoms with Gasteiger partial charge in [-0.1, -0.05) is 11.6 Å². The molecular weight excluding hydrogens is 1030 g/mol. The second-order valence-electron chi connectivity index (χ2n) is 22.0. The largest absolute Gasteiger partial charge is 0.388 e. The molecule has 8 N–H and O–H groups in total. The van der Waals surface area contributed by atoms with Crippen molar-refractivity contribution in [3.8, 4) is 0 Å². The molecule has 0 bridgehead atoms. The number of H-pyrrole nitrogens is 2. The molecule has 3 aromatic heterocycles. The summed E-state index contributed by atoms with van der Waals surface area (Å²) in [5.74, 6) is 0. The van der Waals surface area contributed by atoms with E-state index in [-0.39, 0.29) is 11.1 Å². The Morgan fingerprint density at radius 3 is 1.64 bits per heavy atom. The fourth-order valence-corrected chi connectivity index (χ4v) is 11.5. The molecule has 0 unspecified atom stereocenters. The Kier molecular flexibility index (Phi) is 22.8. The van der Waals surface area contributed by atoms with Crippen LogP contribution < -0.4 is 39.1 Å². The number of methoxy groups -OCH3 is 1. The van der Waals surface area contributed by atoms with Crippen LogP contribution in [0.3, 0.4) is 0 Å². The van der Waals surface area contributed by atoms with Crippen molar-refractivity contribution in [2.45, 2.75) is 126 Å². The summed E-state index contributed by atoms with van der Waals surface area (Å²) in [6, 6.07) is 0. The fourth-order valence-electron chi connectivity index (χ4n) is 8.68. The summed E-state index contributed by atoms with van der Waals surface area (Å²) >= 11 is 0. The first-order valence-electron chi connectivity index (χ1n) is 24.9. The van der Waals surface area contributed by atoms with E-state index >= 15 is 0 Å². The van der Waals surface area contributed by atoms with Crippen molar-refractivity contribution in [1.82, 2.24) is 33.6 Å². The molecule has 75 heavy (non-hydrogen) atoms. The number of aliphatic hydroxyl groups excluding tert-OH is 5. The summed E-state index contributed by atoms with van der Waals surface area (Å²) in [7, 11) is 4.37. The maximum atomic E-state index is 12.4. The smallest absolute Gasteiger partial charge is 0.330 e. The Hall–Kier alpha value is -3.72. The number of allylic oxidation sites excluding steroid dienone is 1. The highest BCUT2D eigenvalue weighted by molar-refractivity contribution is 7.72. The third-order valence-corrected chi connectivity index (χ3v) is 17.5. The van der Waals surface area contributed by atoms with Gasteiger partial charge in [-0.15, -0.1) is 39.6 Å². The molecule has 0 aromatic carbocycles. The Morgan fingerprint density at radius 2 is 1.17 bits per heavy atom. The van der Waals surface area contributed by atoms with E-state index in [1.807, 2.05) is 19.9 Å². The summed E-state index contributed by atoms with van der Waals surface area (Å²) < 4.78 is 27.8. The molecule has 0 aliphatic carbocycles. The van der Waals surface area contributed by atoms with Crippen molar-refractivity contribution >= 4 is 39.6 Å². The molecule has 6 heterocycles. The van der Waals surface area contributed by atoms with Gasteiger partial charge in [0.25, 0.3) is 16.7 Å². The molecular formula is C50H84N7O15P3. The molecule has 22 nitrogen and oxygen atoms in total. The SMILES string of the molecule is C=P(C)(C)CC[C@H]1O[C@@H](c2cn(C)c(=O)n(C)c2=O)[C@H](O)[C@@H]1O.C=P(C)(C)CC[C@H]1O[C@@H](c2cn(CC)c(=O)[nH]c2=O)[C@H](O)[C@@H]1O.C=P(C)(C)CC[C@H]1O[C@@H](n2cc(CNCC=C(C)C)c(=O)[nH]c2=O)[C@H](OC)[C@@H]1O. The average molecular weight is 1120 g/mol. The Bertz CT molecular complexity index is 2970. The molecule has 0 radical (unpaired) electrons. The zero-order valence-electron chi connectivity index (χ0n) is 45.7. The van der Waals surface area contributed by atoms with Crippen LogP contribution in [0, 0.1) is 0 Å². The van der Waals surface area contributed by atoms with Crippen molar-refractivity contribution in [3.63, 3.8) is 0 Å². The van der Waals surface area contributed by atoms with Gasteiger partial charge in [0.05, 0.1) is 29.4 Å². The topological polar surface area (TPSA) is 304 Å². The second kappa shape index (κ2) is 26.8. The minimum Gasteiger partial charge on any atom is -0.388 e. The second-order valence-corrected chi connectivity index (χ2v) is 34.9. The molecule has 25 heteroatoms. The van der Waals surface area contributed by atoms with Gasteiger partial charge in [0.15, 0.2) is 6.23 Å². The minimum absolute atomic E-state index is 0.157. The third kappa shape index (κ3) is 17.4. The lowest BCUT2D eigenvalue weighted by Gasteiger charge is -2.21. The van der Waals surface area contributed by atoms with Gasteiger partial charge in [0.1, 0.15) is 48.8 Å². The molecule has 3 aliphatic rings. The van der Waals surface area contributed by atoms with Gasteiger partial charge in [-0.05, 0) is 98.5 Å². The number of nitrogens with one attached hydrogen (secondary N) is 3. The highest BCUT2D eigenvalue weighted by Gasteiger charge is 2.47. The maximum Gasteiger partial charge on any atom is 0.330 e. The van der Waals surface area contributed by atoms with Crippen LogP contribution in [0.4, 0.5) is 0 Å². The summed E-state index contributed by atoms with van der Waals surface area (Å²) in [5, 5.41) is 54.7. The van der Waals surface area contributed by atoms with E-state index in [4.69, 9.17) is 18.9 Å². The summed E-state index contributed by atoms with van der Waals surface area (Å²) in [6.45, 7) is 15.9. The Labute approximate surface area is 438 Å². The lowest BCUT2D eigenvalue weighted by Crippen LogP contribution is -2.40. The lowest BCUT2D eigenvalue weighted by molar-refractivity contribution is -0.0542. The first-order chi connectivity index (χ1) is 34.7. The van der Waals surface area contributed by atoms with Gasteiger partial charge in [0, 0.05) is 65.0 Å². The molecule has 3 aromatic rings. The number of aliphatic hydroxyl groups is 5. The van der Waals surface area contributed by atoms with Crippen LogP contribution in [-0.2, 0) is 46.1 Å². The summed E-state index contributed by atoms with van der Waals surface area (Å²) in [4.78, 5) is 76.8. The van der Waals surface area contributed by atoms with Crippen molar-refractivity contribution in [2.24, 2.45) is 14.1 Å². The zero-order valence-corrected chi connectivity index (χ0v) is 48.4. The standard InChI is InChI=1S/C20H34N3O5P.2C15H25N2O5P/c1-13(2)7-9-21-11-14-12-23(20(26)22-18(14)25)19-17(27-3)16(24)15(28-19)8-10-29(4,5)6;1-16-8-9(14(20)17(2)15(16)21)13-12(19)11(18)10(22-13)6-7-23(3,4)5;1-5-17-8-9(14(20)16-15(17)21)13-12(19)11(18)10(22-13)6-7-23(2,3)4/h7,12,15-17,19,21,24H,4,8-11H2,1-3,5-6H3,(H,22,25,26);8,10-13,18-19H,3,6-7H2,1-2,4-5H3;8,10-13,18-19H,2,5-7H2,1,3-4H3,(H,16,20,21)/t15-,16-,17-,19-;2*10-,11-,12-,13+/m111/s1. The summed E-state index contributed by atoms with van der Waals surface area (Å²) in [5.41, 5.74) is -1.19. The Balaban J connectivity index is 0.000000246. The number of ether oxygens (including phenoxy) is 4. The van der Waals surface area contributed by atoms with Crippen LogP contribution in [-0.4, -0.2) is 200 Å². The lowest BCUT2D eigenvalue weighted by atomic mass is 10.0. The van der Waals surface area contributed by atoms with E-state index < -0.39 is 128 Å². The number of hydrogen-bond donors (Lipinski definition) is 8. The van der Waals surface area contributed by atoms with Crippen molar-refractivity contribution < 1.29 is 44.5 Å². The van der Waals surface area contributed by atoms with E-state index in [9.17, 15) is 54.3 Å². The van der Waals surface area contributed by atoms with E-state index in [0.717, 1.165) is 23.1 Å². The van der Waals surface area contributed by atoms with Crippen LogP contribution in [0.25, 0.3) is 0 Å². The highest BCUT2D eigenvalue weighted by atomic mass is 31.2. The average Bonchev–Trinajstić information content (AvgIpc) is 3.90. The molecule has 0 spiro atoms. The molecule has 3 aliphatic heterocycles. The number of nitrogens with zero attached hydrogens (tertiary/aromatic N) is 4. The van der Waals surface area contributed by atoms with Gasteiger partial charge in [0.2, 0.25) is 0 Å². The van der Waals surface area contributed by atoms with Gasteiger partial charge >= 0.3 is 17.1 Å². The first-order valence-corrected chi connectivity index (χ1v) is 34.1. The van der Waals surface area contributed by atoms with Gasteiger partial charge in [-0.2, -0.15) is 0 Å². The summed E-state index contributed by atoms with van der Waals surface area (Å²) in [6.07, 6.45) is 12.6. The third-order valence-electron chi connectivity index (χ3n) is 13.1. The van der Waals surface area contributed by atoms with Crippen LogP contribution in [0.5, 0.6) is 0 Å². The molecule has 6 rings (SSSR count). The van der Waals surface area contributed by atoms with Crippen molar-refractivity contribution in [1.29, 1.82) is 0 Å². The molecule has 3 saturated heterocycles. The number of hydrogen-bond acceptors (Lipinski definition) is 16. The van der Waals surface area contributed by atoms with Crippen LogP contribution in [0.1, 0.15) is 75.2 Å². The molecule has 424 valence electrons. The van der Waals surface area contributed by atoms with E-state index in [2.05, 4.69) is 74.2 Å². The molecule has 0 saturated carbocycles. The molecule has 3 fully saturated rings. The van der Waals surface area contributed by atoms with E-state index in [0.29, 0.717) is 44.5 Å². The zero-order chi connectivity index (χ0) is 56.7. The van der Waals surface area contributed by atoms with E-state index in [1.54, 1.807) is 6.92 Å². The monoisotopic (exact) mass is 1120 g/mol. The molecule has 12 atom stereocenters. The fraction of sp³-hybridized carbons (Fsp3) is 0.660. The number of aryl methyl sites for hydroxylation is 2. The maximum absolute atomic E-state index is 12.4. The quantitative estimate of drug-likeness (QED) is 0.0477. The van der Waals surface area contributed by atoms with Gasteiger partial charge in [-0.3, -0.25) is 33.5 Å². The minimum atomic E-state index is -1.27. The van der Waals surface area contributed by atoms with Crippen LogP contribution in [0.2, 0.25) is 0 Å². The number of aromatic nitrogens is 6. The van der Waals surface area contributed by atoms with Gasteiger partial charge in [-0.25, -0.2) is 14.4 Å².